The summed E-state index contributed by atoms with van der Waals surface area (Å²) in [7, 11) is 0. The summed E-state index contributed by atoms with van der Waals surface area (Å²) in [6.07, 6.45) is 1.44. The third-order valence-corrected chi connectivity index (χ3v) is 1.63. The normalized spacial score (nSPS) is 25.6. The van der Waals surface area contributed by atoms with Crippen LogP contribution >= 0.6 is 0 Å². The molecule has 0 radical (unpaired) electrons. The van der Waals surface area contributed by atoms with Crippen molar-refractivity contribution in [3.8, 4) is 0 Å². The molecule has 3 N–H and O–H groups in total. The number of carbonyl (C=O) groups is 2. The second-order valence-corrected chi connectivity index (χ2v) is 2.39. The smallest absolute Gasteiger partial charge is 0.232 e. The van der Waals surface area contributed by atoms with Crippen molar-refractivity contribution >= 4 is 11.8 Å². The van der Waals surface area contributed by atoms with Gasteiger partial charge in [-0.15, -0.1) is 0 Å². The van der Waals surface area contributed by atoms with Crippen LogP contribution < -0.4 is 11.1 Å². The van der Waals surface area contributed by atoms with E-state index in [1.807, 2.05) is 0 Å². The van der Waals surface area contributed by atoms with E-state index in [-0.39, 0.29) is 5.91 Å². The zero-order valence-electron chi connectivity index (χ0n) is 5.59. The van der Waals surface area contributed by atoms with E-state index in [0.29, 0.717) is 13.0 Å². The van der Waals surface area contributed by atoms with E-state index in [0.717, 1.165) is 6.42 Å². The van der Waals surface area contributed by atoms with Gasteiger partial charge in [-0.25, -0.2) is 0 Å². The third kappa shape index (κ3) is 1.26. The summed E-state index contributed by atoms with van der Waals surface area (Å²) in [5.41, 5.74) is 4.96. The molecule has 1 aliphatic heterocycles. The fraction of sp³-hybridized carbons (Fsp3) is 0.667. The Morgan fingerprint density at radius 3 is 2.80 bits per heavy atom. The molecule has 0 bridgehead atoms. The third-order valence-electron chi connectivity index (χ3n) is 1.63. The minimum atomic E-state index is -0.589. The van der Waals surface area contributed by atoms with Crippen molar-refractivity contribution in [1.29, 1.82) is 0 Å². The van der Waals surface area contributed by atoms with E-state index in [4.69, 9.17) is 5.73 Å². The van der Waals surface area contributed by atoms with Gasteiger partial charge in [-0.1, -0.05) is 0 Å². The van der Waals surface area contributed by atoms with Gasteiger partial charge < -0.3 is 11.1 Å². The maximum Gasteiger partial charge on any atom is 0.232 e. The van der Waals surface area contributed by atoms with Crippen molar-refractivity contribution in [2.45, 2.75) is 12.8 Å². The largest absolute Gasteiger partial charge is 0.369 e. The van der Waals surface area contributed by atoms with Crippen LogP contribution in [0.4, 0.5) is 0 Å². The standard InChI is InChI=1S/C6H10N2O2/c7-5(9)4-2-1-3-8-6(4)10/h4H,1-3H2,(H2,7,9)(H,8,10)/t4-/m1/s1. The number of primary amides is 1. The molecule has 4 nitrogen and oxygen atoms in total. The Labute approximate surface area is 58.8 Å². The van der Waals surface area contributed by atoms with Gasteiger partial charge in [0.2, 0.25) is 11.8 Å². The number of nitrogens with one attached hydrogen (secondary N) is 1. The predicted molar refractivity (Wildman–Crippen MR) is 34.9 cm³/mol. The lowest BCUT2D eigenvalue weighted by molar-refractivity contribution is -0.135. The lowest BCUT2D eigenvalue weighted by atomic mass is 9.98. The molecule has 0 saturated carbocycles. The Kier molecular flexibility index (Phi) is 1.89. The first-order valence-corrected chi connectivity index (χ1v) is 3.29. The minimum absolute atomic E-state index is 0.223. The van der Waals surface area contributed by atoms with Crippen molar-refractivity contribution in [3.05, 3.63) is 0 Å². The summed E-state index contributed by atoms with van der Waals surface area (Å²) in [4.78, 5) is 21.3. The molecule has 1 rings (SSSR count). The molecule has 10 heavy (non-hydrogen) atoms. The van der Waals surface area contributed by atoms with E-state index in [2.05, 4.69) is 5.32 Å². The quantitative estimate of drug-likeness (QED) is 0.461. The van der Waals surface area contributed by atoms with E-state index in [1.165, 1.54) is 0 Å². The van der Waals surface area contributed by atoms with Crippen molar-refractivity contribution in [1.82, 2.24) is 5.32 Å². The summed E-state index contributed by atoms with van der Waals surface area (Å²) in [5.74, 6) is -1.33. The molecule has 1 heterocycles. The van der Waals surface area contributed by atoms with Crippen LogP contribution in [0.2, 0.25) is 0 Å². The SMILES string of the molecule is NC(=O)[C@H]1CCCNC1=O. The molecule has 1 saturated heterocycles. The zero-order chi connectivity index (χ0) is 7.56. The topological polar surface area (TPSA) is 72.2 Å². The number of hydrogen-bond donors (Lipinski definition) is 2. The Bertz CT molecular complexity index is 167. The van der Waals surface area contributed by atoms with Crippen LogP contribution in [-0.2, 0) is 9.59 Å². The first-order valence-electron chi connectivity index (χ1n) is 3.29. The number of hydrogen-bond acceptors (Lipinski definition) is 2. The summed E-state index contributed by atoms with van der Waals surface area (Å²) < 4.78 is 0. The van der Waals surface area contributed by atoms with Crippen LogP contribution in [0.25, 0.3) is 0 Å². The van der Waals surface area contributed by atoms with Gasteiger partial charge in [0.1, 0.15) is 5.92 Å². The highest BCUT2D eigenvalue weighted by molar-refractivity contribution is 5.99. The molecule has 1 fully saturated rings. The maximum absolute atomic E-state index is 10.8. The second kappa shape index (κ2) is 2.68. The first kappa shape index (κ1) is 7.05. The maximum atomic E-state index is 10.8. The molecule has 2 amide bonds. The zero-order valence-corrected chi connectivity index (χ0v) is 5.59. The summed E-state index contributed by atoms with van der Waals surface area (Å²) >= 11 is 0. The van der Waals surface area contributed by atoms with E-state index in [1.54, 1.807) is 0 Å². The molecule has 56 valence electrons. The fourth-order valence-electron chi connectivity index (χ4n) is 1.04. The summed E-state index contributed by atoms with van der Waals surface area (Å²) in [5, 5.41) is 2.57. The van der Waals surface area contributed by atoms with E-state index < -0.39 is 11.8 Å². The molecular weight excluding hydrogens is 132 g/mol. The Hall–Kier alpha value is -1.06. The Morgan fingerprint density at radius 2 is 2.40 bits per heavy atom. The molecule has 0 spiro atoms. The van der Waals surface area contributed by atoms with E-state index in [9.17, 15) is 9.59 Å². The molecular formula is C6H10N2O2. The molecule has 0 aliphatic carbocycles. The van der Waals surface area contributed by atoms with Crippen LogP contribution in [0.15, 0.2) is 0 Å². The van der Waals surface area contributed by atoms with Gasteiger partial charge in [0.05, 0.1) is 0 Å². The average Bonchev–Trinajstić information content (AvgIpc) is 1.88. The Morgan fingerprint density at radius 1 is 1.70 bits per heavy atom. The number of carbonyl (C=O) groups excluding carboxylic acids is 2. The van der Waals surface area contributed by atoms with Crippen molar-refractivity contribution in [2.24, 2.45) is 11.7 Å². The number of amides is 2. The molecule has 0 aromatic carbocycles. The molecule has 1 aliphatic rings. The number of rotatable bonds is 1. The van der Waals surface area contributed by atoms with Gasteiger partial charge in [0, 0.05) is 6.54 Å². The highest BCUT2D eigenvalue weighted by Gasteiger charge is 2.26. The molecule has 1 atom stereocenters. The monoisotopic (exact) mass is 142 g/mol. The van der Waals surface area contributed by atoms with E-state index >= 15 is 0 Å². The summed E-state index contributed by atoms with van der Waals surface area (Å²) in [6.45, 7) is 0.669. The molecule has 4 heteroatoms. The highest BCUT2D eigenvalue weighted by Crippen LogP contribution is 2.09. The van der Waals surface area contributed by atoms with Gasteiger partial charge in [-0.2, -0.15) is 0 Å². The van der Waals surface area contributed by atoms with Crippen LogP contribution in [0.3, 0.4) is 0 Å². The predicted octanol–water partition coefficient (Wildman–Crippen LogP) is -1.00. The minimum Gasteiger partial charge on any atom is -0.369 e. The van der Waals surface area contributed by atoms with Crippen LogP contribution in [0, 0.1) is 5.92 Å². The van der Waals surface area contributed by atoms with Crippen LogP contribution in [0.1, 0.15) is 12.8 Å². The summed E-state index contributed by atoms with van der Waals surface area (Å²) in [6, 6.07) is 0. The van der Waals surface area contributed by atoms with Crippen LogP contribution in [0.5, 0.6) is 0 Å². The number of piperidine rings is 1. The molecule has 0 unspecified atom stereocenters. The van der Waals surface area contributed by atoms with Crippen molar-refractivity contribution < 1.29 is 9.59 Å². The van der Waals surface area contributed by atoms with Crippen molar-refractivity contribution in [2.75, 3.05) is 6.54 Å². The Balaban J connectivity index is 2.56. The van der Waals surface area contributed by atoms with Gasteiger partial charge >= 0.3 is 0 Å². The second-order valence-electron chi connectivity index (χ2n) is 2.39. The van der Waals surface area contributed by atoms with Gasteiger partial charge in [-0.05, 0) is 12.8 Å². The van der Waals surface area contributed by atoms with Crippen molar-refractivity contribution in [3.63, 3.8) is 0 Å². The van der Waals surface area contributed by atoms with Gasteiger partial charge in [0.25, 0.3) is 0 Å². The number of nitrogens with two attached hydrogens (primary N) is 1. The lowest BCUT2D eigenvalue weighted by Gasteiger charge is -2.18. The van der Waals surface area contributed by atoms with Gasteiger partial charge in [0.15, 0.2) is 0 Å². The van der Waals surface area contributed by atoms with Crippen LogP contribution in [-0.4, -0.2) is 18.4 Å². The molecule has 0 aromatic heterocycles. The highest BCUT2D eigenvalue weighted by atomic mass is 16.2. The lowest BCUT2D eigenvalue weighted by Crippen LogP contribution is -2.42. The first-order chi connectivity index (χ1) is 4.72. The fourth-order valence-corrected chi connectivity index (χ4v) is 1.04. The average molecular weight is 142 g/mol. The molecule has 0 aromatic rings. The van der Waals surface area contributed by atoms with Gasteiger partial charge in [-0.3, -0.25) is 9.59 Å².